The number of methoxy groups -OCH3 is 2. The molecule has 0 bridgehead atoms. The van der Waals surface area contributed by atoms with Gasteiger partial charge < -0.3 is 14.8 Å². The number of aryl methyl sites for hydroxylation is 1. The molecule has 9 heteroatoms. The van der Waals surface area contributed by atoms with Crippen molar-refractivity contribution in [1.29, 1.82) is 0 Å². The molecule has 0 saturated carbocycles. The first kappa shape index (κ1) is 22.1. The second kappa shape index (κ2) is 10.5. The molecule has 3 rings (SSSR count). The number of carbonyl (C=O) groups excluding carboxylic acids is 1. The van der Waals surface area contributed by atoms with Crippen LogP contribution in [0, 0.1) is 6.92 Å². The summed E-state index contributed by atoms with van der Waals surface area (Å²) in [5.74, 6) is 1.32. The minimum absolute atomic E-state index is 0.167. The monoisotopic (exact) mass is 446 g/mol. The average Bonchev–Trinajstić information content (AvgIpc) is 3.13. The number of rotatable bonds is 9. The van der Waals surface area contributed by atoms with E-state index >= 15 is 0 Å². The molecule has 0 fully saturated rings. The number of aromatic nitrogens is 3. The number of nitrogens with zero attached hydrogens (tertiary/aromatic N) is 3. The fourth-order valence-corrected chi connectivity index (χ4v) is 3.87. The zero-order chi connectivity index (χ0) is 21.5. The number of thioether (sulfide) groups is 1. The molecule has 1 aromatic heterocycles. The second-order valence-electron chi connectivity index (χ2n) is 6.51. The van der Waals surface area contributed by atoms with Crippen LogP contribution in [0.1, 0.15) is 5.56 Å². The normalized spacial score (nSPS) is 10.8. The molecule has 1 amide bonds. The average molecular weight is 447 g/mol. The van der Waals surface area contributed by atoms with Crippen LogP contribution in [-0.4, -0.2) is 47.3 Å². The molecule has 0 unspecified atom stereocenters. The number of amides is 1. The molecule has 1 N–H and O–H groups in total. The lowest BCUT2D eigenvalue weighted by molar-refractivity contribution is -0.113. The van der Waals surface area contributed by atoms with E-state index in [0.29, 0.717) is 34.8 Å². The maximum absolute atomic E-state index is 12.4. The van der Waals surface area contributed by atoms with E-state index in [0.717, 1.165) is 17.0 Å². The molecule has 1 heterocycles. The Kier molecular flexibility index (Phi) is 7.73. The maximum atomic E-state index is 12.4. The van der Waals surface area contributed by atoms with Crippen molar-refractivity contribution < 1.29 is 14.3 Å². The third kappa shape index (κ3) is 5.53. The van der Waals surface area contributed by atoms with Crippen molar-refractivity contribution in [3.05, 3.63) is 53.1 Å². The highest BCUT2D eigenvalue weighted by Gasteiger charge is 2.16. The molecule has 0 aliphatic heterocycles. The van der Waals surface area contributed by atoms with Crippen molar-refractivity contribution in [1.82, 2.24) is 14.8 Å². The zero-order valence-corrected chi connectivity index (χ0v) is 18.6. The maximum Gasteiger partial charge on any atom is 0.234 e. The number of hydrogen-bond acceptors (Lipinski definition) is 6. The number of carbonyl (C=O) groups is 1. The Morgan fingerprint density at radius 3 is 2.73 bits per heavy atom. The number of ether oxygens (including phenoxy) is 2. The van der Waals surface area contributed by atoms with Gasteiger partial charge in [-0.2, -0.15) is 0 Å². The molecule has 0 spiro atoms. The van der Waals surface area contributed by atoms with E-state index < -0.39 is 0 Å². The molecule has 2 aromatic carbocycles. The van der Waals surface area contributed by atoms with E-state index in [2.05, 4.69) is 21.6 Å². The molecule has 0 aliphatic rings. The smallest absolute Gasteiger partial charge is 0.234 e. The number of nitrogens with one attached hydrogen (secondary N) is 1. The minimum Gasteiger partial charge on any atom is -0.495 e. The highest BCUT2D eigenvalue weighted by Crippen LogP contribution is 2.28. The van der Waals surface area contributed by atoms with Crippen molar-refractivity contribution >= 4 is 35.0 Å². The predicted octanol–water partition coefficient (Wildman–Crippen LogP) is 4.29. The highest BCUT2D eigenvalue weighted by molar-refractivity contribution is 7.99. The van der Waals surface area contributed by atoms with Crippen LogP contribution < -0.4 is 10.1 Å². The Morgan fingerprint density at radius 1 is 1.20 bits per heavy atom. The van der Waals surface area contributed by atoms with E-state index in [-0.39, 0.29) is 11.7 Å². The second-order valence-corrected chi connectivity index (χ2v) is 7.86. The molecule has 158 valence electrons. The van der Waals surface area contributed by atoms with Gasteiger partial charge in [-0.3, -0.25) is 9.36 Å². The van der Waals surface area contributed by atoms with E-state index in [4.69, 9.17) is 21.1 Å². The van der Waals surface area contributed by atoms with Gasteiger partial charge >= 0.3 is 0 Å². The van der Waals surface area contributed by atoms with Crippen LogP contribution in [0.4, 0.5) is 5.69 Å². The van der Waals surface area contributed by atoms with Gasteiger partial charge in [0.05, 0.1) is 31.0 Å². The lowest BCUT2D eigenvalue weighted by atomic mass is 10.1. The van der Waals surface area contributed by atoms with Gasteiger partial charge in [0, 0.05) is 18.4 Å². The van der Waals surface area contributed by atoms with Crippen molar-refractivity contribution in [3.63, 3.8) is 0 Å². The number of benzene rings is 2. The van der Waals surface area contributed by atoms with Crippen LogP contribution >= 0.6 is 23.4 Å². The fourth-order valence-electron chi connectivity index (χ4n) is 2.85. The quantitative estimate of drug-likeness (QED) is 0.494. The fraction of sp³-hybridized carbons (Fsp3) is 0.286. The SMILES string of the molecule is COCCn1c(SCC(=O)Nc2ccc(OC)c(Cl)c2)nnc1-c1cccc(C)c1. The summed E-state index contributed by atoms with van der Waals surface area (Å²) in [6.45, 7) is 3.14. The largest absolute Gasteiger partial charge is 0.495 e. The Balaban J connectivity index is 1.71. The number of hydrogen-bond donors (Lipinski definition) is 1. The molecule has 7 nitrogen and oxygen atoms in total. The van der Waals surface area contributed by atoms with Crippen LogP contribution in [0.3, 0.4) is 0 Å². The van der Waals surface area contributed by atoms with Gasteiger partial charge in [-0.1, -0.05) is 47.1 Å². The molecule has 0 aliphatic carbocycles. The molecule has 30 heavy (non-hydrogen) atoms. The van der Waals surface area contributed by atoms with E-state index in [1.807, 2.05) is 29.7 Å². The lowest BCUT2D eigenvalue weighted by Gasteiger charge is -2.10. The summed E-state index contributed by atoms with van der Waals surface area (Å²) >= 11 is 7.43. The lowest BCUT2D eigenvalue weighted by Crippen LogP contribution is -2.15. The van der Waals surface area contributed by atoms with E-state index in [1.54, 1.807) is 32.4 Å². The van der Waals surface area contributed by atoms with Gasteiger partial charge in [-0.25, -0.2) is 0 Å². The highest BCUT2D eigenvalue weighted by atomic mass is 35.5. The summed E-state index contributed by atoms with van der Waals surface area (Å²) in [6.07, 6.45) is 0. The third-order valence-electron chi connectivity index (χ3n) is 4.28. The first-order valence-corrected chi connectivity index (χ1v) is 10.6. The third-order valence-corrected chi connectivity index (χ3v) is 5.54. The number of anilines is 1. The minimum atomic E-state index is -0.167. The van der Waals surface area contributed by atoms with Gasteiger partial charge in [0.1, 0.15) is 5.75 Å². The number of halogens is 1. The zero-order valence-electron chi connectivity index (χ0n) is 17.0. The van der Waals surface area contributed by atoms with Crippen LogP contribution in [0.2, 0.25) is 5.02 Å². The summed E-state index contributed by atoms with van der Waals surface area (Å²) in [7, 11) is 3.19. The van der Waals surface area contributed by atoms with Crippen LogP contribution in [0.15, 0.2) is 47.6 Å². The summed E-state index contributed by atoms with van der Waals surface area (Å²) in [5, 5.41) is 12.6. The Morgan fingerprint density at radius 2 is 2.03 bits per heavy atom. The molecule has 0 atom stereocenters. The van der Waals surface area contributed by atoms with Gasteiger partial charge in [-0.05, 0) is 31.2 Å². The predicted molar refractivity (Wildman–Crippen MR) is 119 cm³/mol. The van der Waals surface area contributed by atoms with Gasteiger partial charge in [0.25, 0.3) is 0 Å². The Labute approximate surface area is 184 Å². The van der Waals surface area contributed by atoms with Crippen LogP contribution in [0.5, 0.6) is 5.75 Å². The molecule has 0 saturated heterocycles. The Hall–Kier alpha value is -2.55. The van der Waals surface area contributed by atoms with Crippen molar-refractivity contribution in [2.45, 2.75) is 18.6 Å². The van der Waals surface area contributed by atoms with Gasteiger partial charge in [0.2, 0.25) is 5.91 Å². The summed E-state index contributed by atoms with van der Waals surface area (Å²) in [6, 6.07) is 13.2. The van der Waals surface area contributed by atoms with Crippen LogP contribution in [0.25, 0.3) is 11.4 Å². The van der Waals surface area contributed by atoms with Gasteiger partial charge in [0.15, 0.2) is 11.0 Å². The Bertz CT molecular complexity index is 1030. The van der Waals surface area contributed by atoms with Crippen molar-refractivity contribution in [2.75, 3.05) is 31.9 Å². The summed E-state index contributed by atoms with van der Waals surface area (Å²) in [4.78, 5) is 12.4. The summed E-state index contributed by atoms with van der Waals surface area (Å²) in [5.41, 5.74) is 2.72. The topological polar surface area (TPSA) is 78.3 Å². The van der Waals surface area contributed by atoms with Gasteiger partial charge in [-0.15, -0.1) is 10.2 Å². The standard InChI is InChI=1S/C21H23ClN4O3S/c1-14-5-4-6-15(11-14)20-24-25-21(26(20)9-10-28-2)30-13-19(27)23-16-7-8-18(29-3)17(22)12-16/h4-8,11-12H,9-10,13H2,1-3H3,(H,23,27). The van der Waals surface area contributed by atoms with Crippen LogP contribution in [-0.2, 0) is 16.1 Å². The van der Waals surface area contributed by atoms with Crippen molar-refractivity contribution in [2.24, 2.45) is 0 Å². The molecule has 0 radical (unpaired) electrons. The molecular formula is C21H23ClN4O3S. The first-order valence-electron chi connectivity index (χ1n) is 9.27. The van der Waals surface area contributed by atoms with E-state index in [9.17, 15) is 4.79 Å². The van der Waals surface area contributed by atoms with E-state index in [1.165, 1.54) is 11.8 Å². The molecule has 3 aromatic rings. The summed E-state index contributed by atoms with van der Waals surface area (Å²) < 4.78 is 12.3. The first-order chi connectivity index (χ1) is 14.5. The molecular weight excluding hydrogens is 424 g/mol. The van der Waals surface area contributed by atoms with Crippen molar-refractivity contribution in [3.8, 4) is 17.1 Å².